The number of carbonyl (C=O) groups is 1. The van der Waals surface area contributed by atoms with Gasteiger partial charge in [0.25, 0.3) is 0 Å². The predicted molar refractivity (Wildman–Crippen MR) is 92.9 cm³/mol. The Hall–Kier alpha value is -1.79. The SMILES string of the molecule is Cc1cc2c(cc1CN1CC[C@@]3(C(=O)O)CCCN(C)[C@@H]3C1)OCO2. The van der Waals surface area contributed by atoms with E-state index in [1.807, 2.05) is 6.07 Å². The van der Waals surface area contributed by atoms with E-state index in [4.69, 9.17) is 9.47 Å². The summed E-state index contributed by atoms with van der Waals surface area (Å²) in [5, 5.41) is 9.89. The van der Waals surface area contributed by atoms with Crippen molar-refractivity contribution in [2.24, 2.45) is 5.41 Å². The first-order valence-corrected chi connectivity index (χ1v) is 9.05. The molecule has 0 amide bonds. The number of piperidine rings is 2. The van der Waals surface area contributed by atoms with Crippen LogP contribution in [-0.4, -0.2) is 60.4 Å². The Morgan fingerprint density at radius 2 is 2.04 bits per heavy atom. The second-order valence-corrected chi connectivity index (χ2v) is 7.68. The Morgan fingerprint density at radius 3 is 2.80 bits per heavy atom. The number of benzene rings is 1. The lowest BCUT2D eigenvalue weighted by Crippen LogP contribution is -2.62. The molecule has 6 heteroatoms. The van der Waals surface area contributed by atoms with Crippen LogP contribution in [0.3, 0.4) is 0 Å². The average molecular weight is 346 g/mol. The molecule has 3 aliphatic rings. The number of carboxylic acid groups (broad SMARTS) is 1. The Labute approximate surface area is 148 Å². The first kappa shape index (κ1) is 16.7. The van der Waals surface area contributed by atoms with Crippen LogP contribution in [0.2, 0.25) is 0 Å². The Morgan fingerprint density at radius 1 is 1.28 bits per heavy atom. The number of aliphatic carboxylic acids is 1. The lowest BCUT2D eigenvalue weighted by atomic mass is 9.68. The maximum absolute atomic E-state index is 12.0. The smallest absolute Gasteiger partial charge is 0.311 e. The van der Waals surface area contributed by atoms with Crippen LogP contribution in [-0.2, 0) is 11.3 Å². The molecule has 2 saturated heterocycles. The molecule has 0 unspecified atom stereocenters. The molecule has 4 rings (SSSR count). The van der Waals surface area contributed by atoms with Gasteiger partial charge in [-0.2, -0.15) is 0 Å². The van der Waals surface area contributed by atoms with Crippen LogP contribution in [0.5, 0.6) is 11.5 Å². The van der Waals surface area contributed by atoms with Crippen LogP contribution in [0.25, 0.3) is 0 Å². The minimum atomic E-state index is -0.622. The standard InChI is InChI=1S/C19H26N2O4/c1-13-8-15-16(25-12-24-15)9-14(13)10-21-7-5-19(18(22)23)4-3-6-20(2)17(19)11-21/h8-9,17H,3-7,10-12H2,1-2H3,(H,22,23)/t17-,19+/m1/s1. The summed E-state index contributed by atoms with van der Waals surface area (Å²) >= 11 is 0. The van der Waals surface area contributed by atoms with Crippen LogP contribution >= 0.6 is 0 Å². The molecule has 2 atom stereocenters. The number of ether oxygens (including phenoxy) is 2. The summed E-state index contributed by atoms with van der Waals surface area (Å²) in [5.41, 5.74) is 1.84. The van der Waals surface area contributed by atoms with E-state index in [-0.39, 0.29) is 12.8 Å². The molecular formula is C19H26N2O4. The molecule has 0 bridgehead atoms. The highest BCUT2D eigenvalue weighted by Crippen LogP contribution is 2.43. The van der Waals surface area contributed by atoms with Gasteiger partial charge < -0.3 is 19.5 Å². The van der Waals surface area contributed by atoms with Gasteiger partial charge in [0, 0.05) is 19.1 Å². The van der Waals surface area contributed by atoms with Crippen molar-refractivity contribution in [3.63, 3.8) is 0 Å². The number of aryl methyl sites for hydroxylation is 1. The zero-order chi connectivity index (χ0) is 17.6. The van der Waals surface area contributed by atoms with Crippen LogP contribution in [0.1, 0.15) is 30.4 Å². The summed E-state index contributed by atoms with van der Waals surface area (Å²) in [6, 6.07) is 4.19. The Balaban J connectivity index is 1.53. The van der Waals surface area contributed by atoms with Gasteiger partial charge in [0.2, 0.25) is 6.79 Å². The van der Waals surface area contributed by atoms with Gasteiger partial charge in [-0.1, -0.05) is 0 Å². The third-order valence-corrected chi connectivity index (χ3v) is 6.26. The average Bonchev–Trinajstić information content (AvgIpc) is 3.03. The fraction of sp³-hybridized carbons (Fsp3) is 0.632. The first-order chi connectivity index (χ1) is 12.0. The van der Waals surface area contributed by atoms with Gasteiger partial charge in [0.05, 0.1) is 5.41 Å². The van der Waals surface area contributed by atoms with Crippen molar-refractivity contribution < 1.29 is 19.4 Å². The molecule has 3 heterocycles. The molecule has 0 radical (unpaired) electrons. The Bertz CT molecular complexity index is 692. The normalized spacial score (nSPS) is 29.4. The summed E-state index contributed by atoms with van der Waals surface area (Å²) in [4.78, 5) is 16.7. The molecular weight excluding hydrogens is 320 g/mol. The highest BCUT2D eigenvalue weighted by atomic mass is 16.7. The maximum atomic E-state index is 12.0. The van der Waals surface area contributed by atoms with Crippen molar-refractivity contribution in [1.82, 2.24) is 9.80 Å². The van der Waals surface area contributed by atoms with Gasteiger partial charge in [0.1, 0.15) is 0 Å². The summed E-state index contributed by atoms with van der Waals surface area (Å²) in [5.74, 6) is 1.01. The molecule has 0 saturated carbocycles. The fourth-order valence-electron chi connectivity index (χ4n) is 4.68. The van der Waals surface area contributed by atoms with E-state index in [0.29, 0.717) is 0 Å². The summed E-state index contributed by atoms with van der Waals surface area (Å²) in [6.07, 6.45) is 2.50. The van der Waals surface area contributed by atoms with Crippen LogP contribution in [0.4, 0.5) is 0 Å². The highest BCUT2D eigenvalue weighted by Gasteiger charge is 2.52. The van der Waals surface area contributed by atoms with Crippen molar-refractivity contribution in [3.05, 3.63) is 23.3 Å². The van der Waals surface area contributed by atoms with E-state index in [2.05, 4.69) is 29.8 Å². The second kappa shape index (κ2) is 6.18. The topological polar surface area (TPSA) is 62.2 Å². The molecule has 1 aromatic carbocycles. The number of hydrogen-bond donors (Lipinski definition) is 1. The number of rotatable bonds is 3. The molecule has 1 N–H and O–H groups in total. The van der Waals surface area contributed by atoms with E-state index in [0.717, 1.165) is 56.9 Å². The van der Waals surface area contributed by atoms with Gasteiger partial charge in [-0.05, 0) is 69.6 Å². The number of fused-ring (bicyclic) bond motifs is 2. The fourth-order valence-corrected chi connectivity index (χ4v) is 4.68. The quantitative estimate of drug-likeness (QED) is 0.904. The van der Waals surface area contributed by atoms with Gasteiger partial charge in [-0.25, -0.2) is 0 Å². The number of hydrogen-bond acceptors (Lipinski definition) is 5. The molecule has 0 spiro atoms. The van der Waals surface area contributed by atoms with Gasteiger partial charge >= 0.3 is 5.97 Å². The zero-order valence-corrected chi connectivity index (χ0v) is 15.0. The highest BCUT2D eigenvalue weighted by molar-refractivity contribution is 5.76. The van der Waals surface area contributed by atoms with Crippen molar-refractivity contribution in [1.29, 1.82) is 0 Å². The van der Waals surface area contributed by atoms with Crippen LogP contribution < -0.4 is 9.47 Å². The van der Waals surface area contributed by atoms with E-state index in [1.54, 1.807) is 0 Å². The van der Waals surface area contributed by atoms with E-state index in [1.165, 1.54) is 11.1 Å². The molecule has 0 aromatic heterocycles. The first-order valence-electron chi connectivity index (χ1n) is 9.05. The number of carboxylic acids is 1. The molecule has 3 aliphatic heterocycles. The predicted octanol–water partition coefficient (Wildman–Crippen LogP) is 2.09. The minimum Gasteiger partial charge on any atom is -0.481 e. The molecule has 0 aliphatic carbocycles. The van der Waals surface area contributed by atoms with Crippen LogP contribution in [0, 0.1) is 12.3 Å². The van der Waals surface area contributed by atoms with Crippen molar-refractivity contribution in [3.8, 4) is 11.5 Å². The van der Waals surface area contributed by atoms with Crippen molar-refractivity contribution >= 4 is 5.97 Å². The van der Waals surface area contributed by atoms with Gasteiger partial charge in [0.15, 0.2) is 11.5 Å². The summed E-state index contributed by atoms with van der Waals surface area (Å²) in [7, 11) is 2.07. The van der Waals surface area contributed by atoms with Crippen molar-refractivity contribution in [2.45, 2.75) is 38.8 Å². The molecule has 1 aromatic rings. The largest absolute Gasteiger partial charge is 0.481 e. The molecule has 25 heavy (non-hydrogen) atoms. The number of nitrogens with zero attached hydrogens (tertiary/aromatic N) is 2. The van der Waals surface area contributed by atoms with Gasteiger partial charge in [-0.15, -0.1) is 0 Å². The zero-order valence-electron chi connectivity index (χ0n) is 15.0. The van der Waals surface area contributed by atoms with Gasteiger partial charge in [-0.3, -0.25) is 9.69 Å². The lowest BCUT2D eigenvalue weighted by molar-refractivity contribution is -0.162. The molecule has 6 nitrogen and oxygen atoms in total. The molecule has 136 valence electrons. The minimum absolute atomic E-state index is 0.0850. The maximum Gasteiger partial charge on any atom is 0.311 e. The van der Waals surface area contributed by atoms with E-state index >= 15 is 0 Å². The summed E-state index contributed by atoms with van der Waals surface area (Å²) < 4.78 is 10.9. The van der Waals surface area contributed by atoms with Crippen molar-refractivity contribution in [2.75, 3.05) is 33.5 Å². The van der Waals surface area contributed by atoms with E-state index in [9.17, 15) is 9.90 Å². The number of likely N-dealkylation sites (N-methyl/N-ethyl adjacent to an activating group) is 1. The van der Waals surface area contributed by atoms with Crippen LogP contribution in [0.15, 0.2) is 12.1 Å². The third kappa shape index (κ3) is 2.77. The number of likely N-dealkylation sites (tertiary alicyclic amines) is 2. The Kier molecular flexibility index (Phi) is 4.12. The third-order valence-electron chi connectivity index (χ3n) is 6.26. The lowest BCUT2D eigenvalue weighted by Gasteiger charge is -2.52. The second-order valence-electron chi connectivity index (χ2n) is 7.68. The monoisotopic (exact) mass is 346 g/mol. The van der Waals surface area contributed by atoms with E-state index < -0.39 is 11.4 Å². The summed E-state index contributed by atoms with van der Waals surface area (Å²) in [6.45, 7) is 5.81. The molecule has 2 fully saturated rings.